The number of carbonyl (C=O) groups excluding carboxylic acids is 1. The van der Waals surface area contributed by atoms with Crippen molar-refractivity contribution >= 4 is 40.6 Å². The molecule has 0 atom stereocenters. The monoisotopic (exact) mass is 314 g/mol. The van der Waals surface area contributed by atoms with Crippen LogP contribution in [0.1, 0.15) is 19.4 Å². The molecule has 0 radical (unpaired) electrons. The largest absolute Gasteiger partial charge is 0.469 e. The minimum atomic E-state index is -0.649. The van der Waals surface area contributed by atoms with E-state index in [2.05, 4.69) is 10.6 Å². The van der Waals surface area contributed by atoms with Crippen molar-refractivity contribution in [1.82, 2.24) is 5.32 Å². The Morgan fingerprint density at radius 3 is 2.70 bits per heavy atom. The molecule has 0 fully saturated rings. The van der Waals surface area contributed by atoms with Crippen LogP contribution in [0.5, 0.6) is 0 Å². The van der Waals surface area contributed by atoms with E-state index in [0.717, 1.165) is 11.3 Å². The summed E-state index contributed by atoms with van der Waals surface area (Å²) >= 11 is 11.2. The fourth-order valence-corrected chi connectivity index (χ4v) is 1.90. The number of hydrogen-bond donors (Lipinski definition) is 2. The molecule has 110 valence electrons. The number of thiocarbonyl (C=S) groups is 1. The minimum absolute atomic E-state index is 0.285. The Morgan fingerprint density at radius 1 is 1.45 bits per heavy atom. The number of nitrogens with one attached hydrogen (secondary N) is 2. The third-order valence-electron chi connectivity index (χ3n) is 2.88. The SMILES string of the molecule is COC(=O)C(C)(C)CNC(=S)Nc1cc(Cl)ccc1C. The van der Waals surface area contributed by atoms with Crippen LogP contribution in [0.2, 0.25) is 5.02 Å². The van der Waals surface area contributed by atoms with Crippen molar-refractivity contribution in [3.8, 4) is 0 Å². The molecule has 0 aliphatic rings. The number of halogens is 1. The van der Waals surface area contributed by atoms with Crippen LogP contribution in [0.3, 0.4) is 0 Å². The van der Waals surface area contributed by atoms with Gasteiger partial charge in [0, 0.05) is 17.3 Å². The fourth-order valence-electron chi connectivity index (χ4n) is 1.55. The zero-order valence-electron chi connectivity index (χ0n) is 12.0. The zero-order chi connectivity index (χ0) is 15.3. The lowest BCUT2D eigenvalue weighted by Crippen LogP contribution is -2.41. The third kappa shape index (κ3) is 4.65. The molecule has 4 nitrogen and oxygen atoms in total. The van der Waals surface area contributed by atoms with Gasteiger partial charge in [0.2, 0.25) is 0 Å². The van der Waals surface area contributed by atoms with Crippen LogP contribution in [-0.4, -0.2) is 24.7 Å². The quantitative estimate of drug-likeness (QED) is 0.660. The van der Waals surface area contributed by atoms with Gasteiger partial charge >= 0.3 is 5.97 Å². The number of carbonyl (C=O) groups is 1. The number of anilines is 1. The van der Waals surface area contributed by atoms with Gasteiger partial charge in [-0.15, -0.1) is 0 Å². The molecule has 20 heavy (non-hydrogen) atoms. The van der Waals surface area contributed by atoms with Gasteiger partial charge in [0.05, 0.1) is 12.5 Å². The number of esters is 1. The van der Waals surface area contributed by atoms with E-state index in [4.69, 9.17) is 28.6 Å². The molecule has 1 rings (SSSR count). The third-order valence-corrected chi connectivity index (χ3v) is 3.36. The Kier molecular flexibility index (Phi) is 5.77. The van der Waals surface area contributed by atoms with Crippen LogP contribution in [0.25, 0.3) is 0 Å². The highest BCUT2D eigenvalue weighted by Crippen LogP contribution is 2.20. The molecule has 0 aromatic heterocycles. The van der Waals surface area contributed by atoms with Crippen molar-refractivity contribution in [3.05, 3.63) is 28.8 Å². The number of methoxy groups -OCH3 is 1. The maximum absolute atomic E-state index is 11.6. The van der Waals surface area contributed by atoms with Crippen LogP contribution in [0.4, 0.5) is 5.69 Å². The first kappa shape index (κ1) is 16.7. The molecular formula is C14H19ClN2O2S. The second kappa shape index (κ2) is 6.90. The summed E-state index contributed by atoms with van der Waals surface area (Å²) in [6, 6.07) is 5.53. The van der Waals surface area contributed by atoms with Crippen molar-refractivity contribution in [2.75, 3.05) is 19.0 Å². The lowest BCUT2D eigenvalue weighted by atomic mass is 9.94. The number of aryl methyl sites for hydroxylation is 1. The number of ether oxygens (including phenoxy) is 1. The molecule has 0 heterocycles. The smallest absolute Gasteiger partial charge is 0.313 e. The summed E-state index contributed by atoms with van der Waals surface area (Å²) < 4.78 is 4.74. The van der Waals surface area contributed by atoms with E-state index in [1.165, 1.54) is 7.11 Å². The number of rotatable bonds is 4. The Morgan fingerprint density at radius 2 is 2.10 bits per heavy atom. The lowest BCUT2D eigenvalue weighted by Gasteiger charge is -2.23. The van der Waals surface area contributed by atoms with E-state index in [9.17, 15) is 4.79 Å². The van der Waals surface area contributed by atoms with Crippen LogP contribution in [-0.2, 0) is 9.53 Å². The van der Waals surface area contributed by atoms with Gasteiger partial charge in [0.15, 0.2) is 5.11 Å². The highest BCUT2D eigenvalue weighted by atomic mass is 35.5. The van der Waals surface area contributed by atoms with Gasteiger partial charge in [-0.25, -0.2) is 0 Å². The second-order valence-electron chi connectivity index (χ2n) is 5.14. The average molecular weight is 315 g/mol. The predicted octanol–water partition coefficient (Wildman–Crippen LogP) is 3.13. The molecule has 0 aliphatic heterocycles. The molecule has 0 unspecified atom stereocenters. The summed E-state index contributed by atoms with van der Waals surface area (Å²) in [6.07, 6.45) is 0. The van der Waals surface area contributed by atoms with E-state index in [0.29, 0.717) is 16.7 Å². The normalized spacial score (nSPS) is 10.8. The van der Waals surface area contributed by atoms with E-state index < -0.39 is 5.41 Å². The standard InChI is InChI=1S/C14H19ClN2O2S/c1-9-5-6-10(15)7-11(9)17-13(20)16-8-14(2,3)12(18)19-4/h5-7H,8H2,1-4H3,(H2,16,17,20). The summed E-state index contributed by atoms with van der Waals surface area (Å²) in [5.74, 6) is -0.285. The summed E-state index contributed by atoms with van der Waals surface area (Å²) in [5, 5.41) is 7.15. The zero-order valence-corrected chi connectivity index (χ0v) is 13.6. The first-order chi connectivity index (χ1) is 9.26. The van der Waals surface area contributed by atoms with Gasteiger partial charge in [-0.2, -0.15) is 0 Å². The number of hydrogen-bond acceptors (Lipinski definition) is 3. The van der Waals surface area contributed by atoms with E-state index in [1.807, 2.05) is 19.1 Å². The van der Waals surface area contributed by atoms with Gasteiger partial charge in [-0.3, -0.25) is 4.79 Å². The molecule has 6 heteroatoms. The summed E-state index contributed by atoms with van der Waals surface area (Å²) in [6.45, 7) is 5.92. The molecule has 0 aliphatic carbocycles. The van der Waals surface area contributed by atoms with Crippen molar-refractivity contribution in [2.24, 2.45) is 5.41 Å². The first-order valence-electron chi connectivity index (χ1n) is 6.15. The van der Waals surface area contributed by atoms with Crippen LogP contribution in [0.15, 0.2) is 18.2 Å². The van der Waals surface area contributed by atoms with Crippen LogP contribution < -0.4 is 10.6 Å². The minimum Gasteiger partial charge on any atom is -0.469 e. The predicted molar refractivity (Wildman–Crippen MR) is 86.2 cm³/mol. The Hall–Kier alpha value is -1.33. The van der Waals surface area contributed by atoms with Crippen molar-refractivity contribution in [1.29, 1.82) is 0 Å². The topological polar surface area (TPSA) is 50.4 Å². The Labute approximate surface area is 129 Å². The second-order valence-corrected chi connectivity index (χ2v) is 5.99. The van der Waals surface area contributed by atoms with Crippen LogP contribution >= 0.6 is 23.8 Å². The van der Waals surface area contributed by atoms with E-state index in [1.54, 1.807) is 19.9 Å². The van der Waals surface area contributed by atoms with E-state index >= 15 is 0 Å². The van der Waals surface area contributed by atoms with Gasteiger partial charge < -0.3 is 15.4 Å². The number of benzene rings is 1. The Bertz CT molecular complexity index is 518. The molecule has 0 spiro atoms. The molecule has 0 saturated heterocycles. The van der Waals surface area contributed by atoms with Gasteiger partial charge in [0.1, 0.15) is 0 Å². The summed E-state index contributed by atoms with van der Waals surface area (Å²) in [7, 11) is 1.37. The lowest BCUT2D eigenvalue weighted by molar-refractivity contribution is -0.150. The highest BCUT2D eigenvalue weighted by molar-refractivity contribution is 7.80. The molecule has 1 aromatic rings. The van der Waals surface area contributed by atoms with Gasteiger partial charge in [0.25, 0.3) is 0 Å². The average Bonchev–Trinajstić information content (AvgIpc) is 2.39. The fraction of sp³-hybridized carbons (Fsp3) is 0.429. The first-order valence-corrected chi connectivity index (χ1v) is 6.94. The van der Waals surface area contributed by atoms with Crippen molar-refractivity contribution in [3.63, 3.8) is 0 Å². The highest BCUT2D eigenvalue weighted by Gasteiger charge is 2.28. The van der Waals surface area contributed by atoms with Crippen molar-refractivity contribution < 1.29 is 9.53 Å². The molecule has 0 saturated carbocycles. The molecule has 0 amide bonds. The Balaban J connectivity index is 2.60. The molecule has 1 aromatic carbocycles. The molecular weight excluding hydrogens is 296 g/mol. The van der Waals surface area contributed by atoms with Crippen LogP contribution in [0, 0.1) is 12.3 Å². The van der Waals surface area contributed by atoms with Gasteiger partial charge in [-0.1, -0.05) is 17.7 Å². The summed E-state index contributed by atoms with van der Waals surface area (Å²) in [5.41, 5.74) is 1.22. The summed E-state index contributed by atoms with van der Waals surface area (Å²) in [4.78, 5) is 11.6. The van der Waals surface area contributed by atoms with Gasteiger partial charge in [-0.05, 0) is 50.7 Å². The maximum atomic E-state index is 11.6. The maximum Gasteiger partial charge on any atom is 0.313 e. The van der Waals surface area contributed by atoms with E-state index in [-0.39, 0.29) is 5.97 Å². The molecule has 0 bridgehead atoms. The van der Waals surface area contributed by atoms with Crippen molar-refractivity contribution in [2.45, 2.75) is 20.8 Å². The molecule has 2 N–H and O–H groups in total.